The van der Waals surface area contributed by atoms with Crippen LogP contribution in [0.15, 0.2) is 27.8 Å². The zero-order chi connectivity index (χ0) is 16.3. The van der Waals surface area contributed by atoms with E-state index in [0.29, 0.717) is 32.3 Å². The summed E-state index contributed by atoms with van der Waals surface area (Å²) >= 11 is 0. The quantitative estimate of drug-likeness (QED) is 0.238. The van der Waals surface area contributed by atoms with Gasteiger partial charge in [-0.1, -0.05) is 6.92 Å². The number of ether oxygens (including phenoxy) is 1. The number of rotatable bonds is 10. The van der Waals surface area contributed by atoms with Gasteiger partial charge in [-0.05, 0) is 18.6 Å². The predicted octanol–water partition coefficient (Wildman–Crippen LogP) is 1.40. The highest BCUT2D eigenvalue weighted by Gasteiger charge is 2.07. The van der Waals surface area contributed by atoms with E-state index in [2.05, 4.69) is 15.6 Å². The first-order chi connectivity index (χ1) is 10.6. The standard InChI is InChI=1S/C14H25N3O4S.HI/c1-3-22(18,19)11-8-17-14(15-2)16-7-5-9-20-12-13-6-4-10-21-13;/h4,6,10H,3,5,7-9,11-12H2,1-2H3,(H2,15,16,17);1H. The Morgan fingerprint density at radius 2 is 2.09 bits per heavy atom. The van der Waals surface area contributed by atoms with E-state index in [4.69, 9.17) is 9.15 Å². The fourth-order valence-corrected chi connectivity index (χ4v) is 2.34. The number of nitrogens with zero attached hydrogens (tertiary/aromatic N) is 1. The molecular weight excluding hydrogens is 433 g/mol. The van der Waals surface area contributed by atoms with Crippen LogP contribution in [0.1, 0.15) is 19.1 Å². The molecule has 7 nitrogen and oxygen atoms in total. The lowest BCUT2D eigenvalue weighted by Crippen LogP contribution is -2.40. The zero-order valence-corrected chi connectivity index (χ0v) is 16.7. The van der Waals surface area contributed by atoms with Crippen molar-refractivity contribution >= 4 is 39.8 Å². The van der Waals surface area contributed by atoms with Crippen molar-refractivity contribution in [3.05, 3.63) is 24.2 Å². The van der Waals surface area contributed by atoms with Gasteiger partial charge < -0.3 is 19.8 Å². The van der Waals surface area contributed by atoms with Crippen LogP contribution in [0.5, 0.6) is 0 Å². The summed E-state index contributed by atoms with van der Waals surface area (Å²) < 4.78 is 33.4. The SMILES string of the molecule is CCS(=O)(=O)CCNC(=NC)NCCCOCc1ccco1.I. The van der Waals surface area contributed by atoms with Crippen molar-refractivity contribution in [3.8, 4) is 0 Å². The Balaban J connectivity index is 0.00000484. The van der Waals surface area contributed by atoms with Crippen molar-refractivity contribution in [1.82, 2.24) is 10.6 Å². The molecule has 0 atom stereocenters. The van der Waals surface area contributed by atoms with Crippen LogP contribution < -0.4 is 10.6 Å². The minimum absolute atomic E-state index is 0. The molecule has 23 heavy (non-hydrogen) atoms. The third kappa shape index (κ3) is 10.6. The van der Waals surface area contributed by atoms with Crippen LogP contribution in [-0.4, -0.2) is 52.6 Å². The lowest BCUT2D eigenvalue weighted by atomic mass is 10.4. The summed E-state index contributed by atoms with van der Waals surface area (Å²) in [4.78, 5) is 4.04. The number of hydrogen-bond acceptors (Lipinski definition) is 5. The van der Waals surface area contributed by atoms with Crippen LogP contribution in [0, 0.1) is 0 Å². The number of guanidine groups is 1. The smallest absolute Gasteiger partial charge is 0.191 e. The van der Waals surface area contributed by atoms with Gasteiger partial charge in [0.25, 0.3) is 0 Å². The Hall–Kier alpha value is -0.810. The van der Waals surface area contributed by atoms with E-state index >= 15 is 0 Å². The minimum Gasteiger partial charge on any atom is -0.467 e. The molecule has 0 aliphatic carbocycles. The lowest BCUT2D eigenvalue weighted by molar-refractivity contribution is 0.105. The monoisotopic (exact) mass is 459 g/mol. The first-order valence-corrected chi connectivity index (χ1v) is 9.14. The Labute approximate surface area is 155 Å². The highest BCUT2D eigenvalue weighted by atomic mass is 127. The molecule has 0 saturated carbocycles. The maximum Gasteiger partial charge on any atom is 0.191 e. The van der Waals surface area contributed by atoms with Crippen molar-refractivity contribution in [2.24, 2.45) is 4.99 Å². The molecule has 0 aromatic carbocycles. The van der Waals surface area contributed by atoms with Gasteiger partial charge in [0.15, 0.2) is 15.8 Å². The molecule has 0 unspecified atom stereocenters. The second-order valence-electron chi connectivity index (χ2n) is 4.65. The molecule has 0 amide bonds. The van der Waals surface area contributed by atoms with E-state index < -0.39 is 9.84 Å². The van der Waals surface area contributed by atoms with Crippen LogP contribution in [0.2, 0.25) is 0 Å². The molecule has 0 aliphatic rings. The number of hydrogen-bond donors (Lipinski definition) is 2. The van der Waals surface area contributed by atoms with Gasteiger partial charge in [-0.15, -0.1) is 24.0 Å². The molecule has 0 radical (unpaired) electrons. The molecule has 9 heteroatoms. The Morgan fingerprint density at radius 3 is 2.70 bits per heavy atom. The number of halogens is 1. The van der Waals surface area contributed by atoms with Crippen LogP contribution in [0.3, 0.4) is 0 Å². The summed E-state index contributed by atoms with van der Waals surface area (Å²) in [6, 6.07) is 3.70. The first-order valence-electron chi connectivity index (χ1n) is 7.32. The van der Waals surface area contributed by atoms with Crippen LogP contribution >= 0.6 is 24.0 Å². The van der Waals surface area contributed by atoms with Crippen molar-refractivity contribution in [2.45, 2.75) is 20.0 Å². The first kappa shape index (κ1) is 22.2. The average molecular weight is 459 g/mol. The zero-order valence-electron chi connectivity index (χ0n) is 13.6. The minimum atomic E-state index is -2.95. The molecule has 0 fully saturated rings. The molecule has 0 aliphatic heterocycles. The fourth-order valence-electron chi connectivity index (χ4n) is 1.64. The third-order valence-electron chi connectivity index (χ3n) is 2.95. The van der Waals surface area contributed by atoms with Crippen LogP contribution in [-0.2, 0) is 21.2 Å². The maximum absolute atomic E-state index is 11.4. The number of aliphatic imine (C=N–C) groups is 1. The molecular formula is C14H26IN3O4S. The Kier molecular flexibility index (Phi) is 12.1. The largest absolute Gasteiger partial charge is 0.467 e. The number of furan rings is 1. The summed E-state index contributed by atoms with van der Waals surface area (Å²) in [5, 5.41) is 6.09. The second-order valence-corrected chi connectivity index (χ2v) is 7.12. The van der Waals surface area contributed by atoms with Gasteiger partial charge in [-0.3, -0.25) is 4.99 Å². The van der Waals surface area contributed by atoms with Crippen molar-refractivity contribution in [2.75, 3.05) is 38.2 Å². The third-order valence-corrected chi connectivity index (χ3v) is 4.66. The van der Waals surface area contributed by atoms with E-state index in [9.17, 15) is 8.42 Å². The molecule has 134 valence electrons. The van der Waals surface area contributed by atoms with Gasteiger partial charge in [-0.25, -0.2) is 8.42 Å². The van der Waals surface area contributed by atoms with E-state index in [1.54, 1.807) is 20.2 Å². The van der Waals surface area contributed by atoms with Gasteiger partial charge >= 0.3 is 0 Å². The van der Waals surface area contributed by atoms with E-state index in [1.165, 1.54) is 0 Å². The fraction of sp³-hybridized carbons (Fsp3) is 0.643. The van der Waals surface area contributed by atoms with Gasteiger partial charge in [0.1, 0.15) is 12.4 Å². The van der Waals surface area contributed by atoms with E-state index in [1.807, 2.05) is 12.1 Å². The lowest BCUT2D eigenvalue weighted by Gasteiger charge is -2.11. The molecule has 2 N–H and O–H groups in total. The molecule has 1 heterocycles. The molecule has 1 aromatic rings. The summed E-state index contributed by atoms with van der Waals surface area (Å²) in [6.45, 7) is 3.76. The molecule has 1 rings (SSSR count). The van der Waals surface area contributed by atoms with Crippen molar-refractivity contribution in [1.29, 1.82) is 0 Å². The molecule has 0 saturated heterocycles. The Bertz CT molecular complexity index is 532. The molecule has 1 aromatic heterocycles. The van der Waals surface area contributed by atoms with Crippen molar-refractivity contribution in [3.63, 3.8) is 0 Å². The number of nitrogens with one attached hydrogen (secondary N) is 2. The van der Waals surface area contributed by atoms with Gasteiger partial charge in [0, 0.05) is 32.5 Å². The van der Waals surface area contributed by atoms with Gasteiger partial charge in [-0.2, -0.15) is 0 Å². The predicted molar refractivity (Wildman–Crippen MR) is 102 cm³/mol. The highest BCUT2D eigenvalue weighted by molar-refractivity contribution is 14.0. The van der Waals surface area contributed by atoms with E-state index in [-0.39, 0.29) is 35.5 Å². The normalized spacial score (nSPS) is 11.8. The average Bonchev–Trinajstić information content (AvgIpc) is 3.02. The maximum atomic E-state index is 11.4. The molecule has 0 bridgehead atoms. The van der Waals surface area contributed by atoms with Gasteiger partial charge in [0.05, 0.1) is 12.0 Å². The van der Waals surface area contributed by atoms with Gasteiger partial charge in [0.2, 0.25) is 0 Å². The molecule has 0 spiro atoms. The topological polar surface area (TPSA) is 92.9 Å². The summed E-state index contributed by atoms with van der Waals surface area (Å²) in [5.41, 5.74) is 0. The highest BCUT2D eigenvalue weighted by Crippen LogP contribution is 2.01. The number of sulfone groups is 1. The van der Waals surface area contributed by atoms with E-state index in [0.717, 1.165) is 12.2 Å². The summed E-state index contributed by atoms with van der Waals surface area (Å²) in [5.74, 6) is 1.67. The van der Waals surface area contributed by atoms with Crippen molar-refractivity contribution < 1.29 is 17.6 Å². The summed E-state index contributed by atoms with van der Waals surface area (Å²) in [6.07, 6.45) is 2.43. The van der Waals surface area contributed by atoms with Crippen LogP contribution in [0.4, 0.5) is 0 Å². The Morgan fingerprint density at radius 1 is 1.35 bits per heavy atom. The van der Waals surface area contributed by atoms with Crippen LogP contribution in [0.25, 0.3) is 0 Å². The second kappa shape index (κ2) is 12.6. The summed E-state index contributed by atoms with van der Waals surface area (Å²) in [7, 11) is -1.30.